The Hall–Kier alpha value is -2.31. The van der Waals surface area contributed by atoms with Gasteiger partial charge in [-0.25, -0.2) is 13.2 Å². The van der Waals surface area contributed by atoms with Crippen LogP contribution in [-0.2, 0) is 19.6 Å². The van der Waals surface area contributed by atoms with Crippen LogP contribution >= 0.6 is 0 Å². The molecule has 39 heavy (non-hydrogen) atoms. The van der Waals surface area contributed by atoms with Gasteiger partial charge in [-0.1, -0.05) is 31.6 Å². The third-order valence-corrected chi connectivity index (χ3v) is 9.50. The van der Waals surface area contributed by atoms with Gasteiger partial charge in [0.05, 0.1) is 23.0 Å². The van der Waals surface area contributed by atoms with Crippen LogP contribution in [0, 0.1) is 11.8 Å². The van der Waals surface area contributed by atoms with Crippen molar-refractivity contribution in [3.05, 3.63) is 47.4 Å². The van der Waals surface area contributed by atoms with Crippen molar-refractivity contribution in [2.45, 2.75) is 89.4 Å². The zero-order valence-electron chi connectivity index (χ0n) is 22.8. The second-order valence-corrected chi connectivity index (χ2v) is 12.7. The molecule has 2 aliphatic carbocycles. The van der Waals surface area contributed by atoms with Gasteiger partial charge < -0.3 is 20.1 Å². The first-order valence-corrected chi connectivity index (χ1v) is 14.7. The van der Waals surface area contributed by atoms with Crippen LogP contribution in [-0.4, -0.2) is 70.3 Å². The summed E-state index contributed by atoms with van der Waals surface area (Å²) in [5, 5.41) is 28.8. The predicted molar refractivity (Wildman–Crippen MR) is 141 cm³/mol. The Morgan fingerprint density at radius 1 is 1.21 bits per heavy atom. The number of sulfonamides is 1. The molecule has 0 heterocycles. The number of nitrogens with zero attached hydrogens (tertiary/aromatic N) is 1. The smallest absolute Gasteiger partial charge is 0.391 e. The lowest BCUT2D eigenvalue weighted by Crippen LogP contribution is -2.44. The molecule has 0 radical (unpaired) electrons. The quantitative estimate of drug-likeness (QED) is 0.289. The SMILES string of the molecule is CCOC(C)C1=C/C=C(N(CC(C)CCC(C)(O)C(=O)O)S(=O)(=O)C2CCC[C@H](C(F)(F)F)C2)/C(O)=C/C=C\1. The van der Waals surface area contributed by atoms with Gasteiger partial charge >= 0.3 is 12.1 Å². The molecule has 1 fully saturated rings. The Morgan fingerprint density at radius 3 is 2.46 bits per heavy atom. The summed E-state index contributed by atoms with van der Waals surface area (Å²) in [7, 11) is -4.39. The van der Waals surface area contributed by atoms with E-state index in [1.165, 1.54) is 18.2 Å². The van der Waals surface area contributed by atoms with Crippen molar-refractivity contribution in [2.75, 3.05) is 13.2 Å². The number of rotatable bonds is 12. The summed E-state index contributed by atoms with van der Waals surface area (Å²) in [5.41, 5.74) is -1.44. The summed E-state index contributed by atoms with van der Waals surface area (Å²) in [6.07, 6.45) is 2.04. The van der Waals surface area contributed by atoms with Crippen molar-refractivity contribution in [2.24, 2.45) is 11.8 Å². The molecular formula is C27H40F3NO7S. The number of allylic oxidation sites excluding steroid dienone is 4. The van der Waals surface area contributed by atoms with E-state index in [4.69, 9.17) is 4.74 Å². The van der Waals surface area contributed by atoms with Gasteiger partial charge in [-0.15, -0.1) is 0 Å². The molecule has 0 aliphatic heterocycles. The average molecular weight is 580 g/mol. The molecule has 0 aromatic carbocycles. The number of ether oxygens (including phenoxy) is 1. The van der Waals surface area contributed by atoms with Crippen molar-refractivity contribution < 1.29 is 46.4 Å². The summed E-state index contributed by atoms with van der Waals surface area (Å²) < 4.78 is 75.0. The van der Waals surface area contributed by atoms with Crippen molar-refractivity contribution in [1.29, 1.82) is 0 Å². The second-order valence-electron chi connectivity index (χ2n) is 10.6. The van der Waals surface area contributed by atoms with Gasteiger partial charge in [-0.2, -0.15) is 13.2 Å². The molecule has 8 nitrogen and oxygen atoms in total. The number of carboxylic acids is 1. The third-order valence-electron chi connectivity index (χ3n) is 7.27. The van der Waals surface area contributed by atoms with Crippen LogP contribution in [0.15, 0.2) is 47.4 Å². The van der Waals surface area contributed by atoms with E-state index >= 15 is 0 Å². The number of alkyl halides is 3. The highest BCUT2D eigenvalue weighted by molar-refractivity contribution is 7.89. The highest BCUT2D eigenvalue weighted by Gasteiger charge is 2.47. The van der Waals surface area contributed by atoms with Gasteiger partial charge in [-0.3, -0.25) is 4.31 Å². The second kappa shape index (κ2) is 13.4. The molecule has 5 atom stereocenters. The number of carbonyl (C=O) groups is 1. The summed E-state index contributed by atoms with van der Waals surface area (Å²) in [6.45, 7) is 6.63. The normalized spacial score (nSPS) is 28.7. The molecule has 0 aromatic heterocycles. The number of hydrogen-bond donors (Lipinski definition) is 3. The maximum atomic E-state index is 13.9. The summed E-state index contributed by atoms with van der Waals surface area (Å²) >= 11 is 0. The van der Waals surface area contributed by atoms with Crippen molar-refractivity contribution in [3.8, 4) is 0 Å². The highest BCUT2D eigenvalue weighted by atomic mass is 32.2. The molecule has 0 amide bonds. The van der Waals surface area contributed by atoms with Gasteiger partial charge in [0.15, 0.2) is 5.60 Å². The fourth-order valence-corrected chi connectivity index (χ4v) is 6.91. The minimum absolute atomic E-state index is 0.0492. The van der Waals surface area contributed by atoms with E-state index in [0.29, 0.717) is 12.2 Å². The standard InChI is InChI=1S/C27H40F3NO7S/c1-5-38-19(3)20-8-6-11-24(32)23(13-12-20)31(17-18(2)14-15-26(4,35)25(33)34)39(36,37)22-10-7-9-21(16-22)27(28,29)30/h6,8,11-13,18-19,21-22,32,35H,5,7,9-10,14-17H2,1-4H3,(H,33,34)/b8-6-,11-6?,13-12?,20-8?,20-12+,23-13-,24-11-,24-23?/t18?,19?,21-,22?,26?/m0/s1. The third kappa shape index (κ3) is 8.84. The Kier molecular flexibility index (Phi) is 11.3. The molecule has 4 unspecified atom stereocenters. The van der Waals surface area contributed by atoms with E-state index < -0.39 is 51.3 Å². The summed E-state index contributed by atoms with van der Waals surface area (Å²) in [6, 6.07) is 0. The molecule has 0 aromatic rings. The lowest BCUT2D eigenvalue weighted by molar-refractivity contribution is -0.181. The lowest BCUT2D eigenvalue weighted by Gasteiger charge is -2.36. The van der Waals surface area contributed by atoms with E-state index in [-0.39, 0.29) is 56.2 Å². The average Bonchev–Trinajstić information content (AvgIpc) is 2.84. The first-order chi connectivity index (χ1) is 18.0. The molecular weight excluding hydrogens is 539 g/mol. The maximum Gasteiger partial charge on any atom is 0.391 e. The van der Waals surface area contributed by atoms with Crippen LogP contribution in [0.3, 0.4) is 0 Å². The van der Waals surface area contributed by atoms with Crippen LogP contribution in [0.1, 0.15) is 66.2 Å². The number of hydrogen-bond acceptors (Lipinski definition) is 6. The predicted octanol–water partition coefficient (Wildman–Crippen LogP) is 5.24. The van der Waals surface area contributed by atoms with Crippen LogP contribution < -0.4 is 0 Å². The topological polar surface area (TPSA) is 124 Å². The fraction of sp³-hybridized carbons (Fsp3) is 0.667. The molecule has 12 heteroatoms. The molecule has 222 valence electrons. The van der Waals surface area contributed by atoms with Crippen LogP contribution in [0.2, 0.25) is 0 Å². The molecule has 0 spiro atoms. The van der Waals surface area contributed by atoms with Gasteiger partial charge in [0, 0.05) is 13.2 Å². The van der Waals surface area contributed by atoms with Crippen LogP contribution in [0.4, 0.5) is 13.2 Å². The minimum Gasteiger partial charge on any atom is -0.506 e. The molecule has 2 aliphatic rings. The number of carboxylic acid groups (broad SMARTS) is 1. The van der Waals surface area contributed by atoms with Crippen molar-refractivity contribution in [3.63, 3.8) is 0 Å². The number of halogens is 3. The van der Waals surface area contributed by atoms with Gasteiger partial charge in [-0.05, 0) is 76.5 Å². The fourth-order valence-electron chi connectivity index (χ4n) is 4.72. The number of aliphatic hydroxyl groups is 2. The van der Waals surface area contributed by atoms with Crippen LogP contribution in [0.5, 0.6) is 0 Å². The zero-order valence-corrected chi connectivity index (χ0v) is 23.6. The highest BCUT2D eigenvalue weighted by Crippen LogP contribution is 2.41. The van der Waals surface area contributed by atoms with Gasteiger partial charge in [0.2, 0.25) is 10.0 Å². The monoisotopic (exact) mass is 579 g/mol. The largest absolute Gasteiger partial charge is 0.506 e. The molecule has 1 saturated carbocycles. The Morgan fingerprint density at radius 2 is 1.87 bits per heavy atom. The summed E-state index contributed by atoms with van der Waals surface area (Å²) in [5.74, 6) is -4.06. The van der Waals surface area contributed by atoms with Crippen molar-refractivity contribution in [1.82, 2.24) is 4.31 Å². The number of aliphatic hydroxyl groups excluding tert-OH is 1. The Balaban J connectivity index is 2.50. The van der Waals surface area contributed by atoms with E-state index in [2.05, 4.69) is 0 Å². The first-order valence-electron chi connectivity index (χ1n) is 13.2. The van der Waals surface area contributed by atoms with Gasteiger partial charge in [0.25, 0.3) is 0 Å². The maximum absolute atomic E-state index is 13.9. The van der Waals surface area contributed by atoms with Crippen molar-refractivity contribution >= 4 is 16.0 Å². The first kappa shape index (κ1) is 32.9. The van der Waals surface area contributed by atoms with E-state index in [0.717, 1.165) is 11.2 Å². The Bertz CT molecular complexity index is 1090. The zero-order chi connectivity index (χ0) is 29.6. The van der Waals surface area contributed by atoms with Crippen LogP contribution in [0.25, 0.3) is 0 Å². The van der Waals surface area contributed by atoms with E-state index in [9.17, 15) is 41.7 Å². The van der Waals surface area contributed by atoms with E-state index in [1.54, 1.807) is 19.1 Å². The summed E-state index contributed by atoms with van der Waals surface area (Å²) in [4.78, 5) is 11.3. The Labute approximate surface area is 228 Å². The van der Waals surface area contributed by atoms with Gasteiger partial charge in [0.1, 0.15) is 5.76 Å². The molecule has 2 rings (SSSR count). The molecule has 0 bridgehead atoms. The molecule has 0 saturated heterocycles. The van der Waals surface area contributed by atoms with E-state index in [1.807, 2.05) is 13.8 Å². The minimum atomic E-state index is -4.52. The number of aliphatic carboxylic acids is 1. The lowest BCUT2D eigenvalue weighted by atomic mass is 9.88. The molecule has 3 N–H and O–H groups in total.